The minimum atomic E-state index is -4.43. The van der Waals surface area contributed by atoms with E-state index >= 15 is 0 Å². The molecule has 4 fully saturated rings. The van der Waals surface area contributed by atoms with Crippen LogP contribution in [0, 0.1) is 0 Å². The second-order valence-corrected chi connectivity index (χ2v) is 11.8. The Morgan fingerprint density at radius 2 is 1.56 bits per heavy atom. The Balaban J connectivity index is 1.10. The second kappa shape index (κ2) is 10.7. The summed E-state index contributed by atoms with van der Waals surface area (Å²) < 4.78 is 42.8. The van der Waals surface area contributed by atoms with Gasteiger partial charge in [0.25, 0.3) is 5.91 Å². The van der Waals surface area contributed by atoms with Crippen LogP contribution >= 0.6 is 0 Å². The predicted octanol–water partition coefficient (Wildman–Crippen LogP) is 3.99. The third-order valence-electron chi connectivity index (χ3n) is 8.85. The summed E-state index contributed by atoms with van der Waals surface area (Å²) in [6.45, 7) is 4.35. The van der Waals surface area contributed by atoms with Gasteiger partial charge in [0.15, 0.2) is 0 Å². The first kappa shape index (κ1) is 27.6. The average Bonchev–Trinajstić information content (AvgIpc) is 3.47. The molecule has 4 heterocycles. The summed E-state index contributed by atoms with van der Waals surface area (Å²) in [5.74, 6) is -0.364. The number of hydrogen-bond acceptors (Lipinski definition) is 4. The second-order valence-electron chi connectivity index (χ2n) is 11.8. The number of benzene rings is 1. The standard InChI is InChI=1S/C29H35F3N6O3/c1-18(39)34-21-16-37(17-21)28(41)35-12-9-22(10-13-35)38-26(19-6-7-19)24(14-33-38)27(40)36-11-8-20(15-36)23-4-2-3-5-25(23)29(30,31)32/h2-5,14,19-22H,6-13,15-17H2,1H3,(H,34,39)/t20-/m1/s1. The molecule has 0 bridgehead atoms. The summed E-state index contributed by atoms with van der Waals surface area (Å²) in [6.07, 6.45) is 1.10. The fourth-order valence-electron chi connectivity index (χ4n) is 6.59. The molecule has 1 atom stereocenters. The molecule has 12 heteroatoms. The quantitative estimate of drug-likeness (QED) is 0.587. The van der Waals surface area contributed by atoms with Crippen molar-refractivity contribution < 1.29 is 27.6 Å². The predicted molar refractivity (Wildman–Crippen MR) is 143 cm³/mol. The van der Waals surface area contributed by atoms with E-state index in [2.05, 4.69) is 10.4 Å². The molecule has 0 unspecified atom stereocenters. The number of aromatic nitrogens is 2. The van der Waals surface area contributed by atoms with E-state index in [0.29, 0.717) is 44.7 Å². The van der Waals surface area contributed by atoms with Gasteiger partial charge in [0.05, 0.1) is 35.1 Å². The maximum atomic E-state index is 13.7. The first-order valence-corrected chi connectivity index (χ1v) is 14.4. The maximum Gasteiger partial charge on any atom is 0.416 e. The highest BCUT2D eigenvalue weighted by molar-refractivity contribution is 5.95. The van der Waals surface area contributed by atoms with E-state index < -0.39 is 11.7 Å². The minimum Gasteiger partial charge on any atom is -0.350 e. The van der Waals surface area contributed by atoms with Gasteiger partial charge in [-0.1, -0.05) is 18.2 Å². The van der Waals surface area contributed by atoms with Crippen LogP contribution in [0.1, 0.15) is 84.1 Å². The molecule has 1 N–H and O–H groups in total. The van der Waals surface area contributed by atoms with Crippen molar-refractivity contribution in [2.75, 3.05) is 39.3 Å². The maximum absolute atomic E-state index is 13.7. The van der Waals surface area contributed by atoms with E-state index in [1.54, 1.807) is 22.1 Å². The van der Waals surface area contributed by atoms with Gasteiger partial charge in [-0.05, 0) is 43.7 Å². The van der Waals surface area contributed by atoms with Crippen LogP contribution in [0.5, 0.6) is 0 Å². The summed E-state index contributed by atoms with van der Waals surface area (Å²) in [6, 6.07) is 5.73. The van der Waals surface area contributed by atoms with Gasteiger partial charge in [-0.15, -0.1) is 0 Å². The molecular weight excluding hydrogens is 537 g/mol. The topological polar surface area (TPSA) is 90.8 Å². The summed E-state index contributed by atoms with van der Waals surface area (Å²) in [7, 11) is 0. The number of nitrogens with one attached hydrogen (secondary N) is 1. The van der Waals surface area contributed by atoms with Gasteiger partial charge >= 0.3 is 12.2 Å². The highest BCUT2D eigenvalue weighted by Crippen LogP contribution is 2.44. The molecule has 220 valence electrons. The highest BCUT2D eigenvalue weighted by atomic mass is 19.4. The third-order valence-corrected chi connectivity index (χ3v) is 8.85. The van der Waals surface area contributed by atoms with Gasteiger partial charge in [0, 0.05) is 58.0 Å². The van der Waals surface area contributed by atoms with Gasteiger partial charge in [0.2, 0.25) is 5.91 Å². The van der Waals surface area contributed by atoms with Crippen LogP contribution in [0.15, 0.2) is 30.5 Å². The lowest BCUT2D eigenvalue weighted by atomic mass is 9.93. The third kappa shape index (κ3) is 5.52. The van der Waals surface area contributed by atoms with E-state index in [1.165, 1.54) is 19.1 Å². The number of piperidine rings is 1. The molecule has 1 aromatic heterocycles. The van der Waals surface area contributed by atoms with Crippen molar-refractivity contribution in [3.05, 3.63) is 52.8 Å². The van der Waals surface area contributed by atoms with Crippen molar-refractivity contribution in [3.63, 3.8) is 0 Å². The molecule has 1 saturated carbocycles. The lowest BCUT2D eigenvalue weighted by Crippen LogP contribution is -2.63. The van der Waals surface area contributed by atoms with Gasteiger partial charge in [0.1, 0.15) is 0 Å². The van der Waals surface area contributed by atoms with Crippen molar-refractivity contribution in [2.24, 2.45) is 0 Å². The van der Waals surface area contributed by atoms with E-state index in [0.717, 1.165) is 37.4 Å². The minimum absolute atomic E-state index is 0.0143. The Labute approximate surface area is 236 Å². The number of rotatable bonds is 5. The number of carbonyl (C=O) groups excluding carboxylic acids is 3. The zero-order chi connectivity index (χ0) is 28.9. The van der Waals surface area contributed by atoms with E-state index in [4.69, 9.17) is 0 Å². The fourth-order valence-corrected chi connectivity index (χ4v) is 6.59. The van der Waals surface area contributed by atoms with Crippen molar-refractivity contribution in [1.29, 1.82) is 0 Å². The number of halogens is 3. The number of amides is 4. The number of carbonyl (C=O) groups is 3. The van der Waals surface area contributed by atoms with Gasteiger partial charge in [-0.25, -0.2) is 4.79 Å². The Morgan fingerprint density at radius 1 is 0.878 bits per heavy atom. The molecule has 4 aliphatic rings. The summed E-state index contributed by atoms with van der Waals surface area (Å²) in [5, 5.41) is 7.48. The highest BCUT2D eigenvalue weighted by Gasteiger charge is 2.41. The smallest absolute Gasteiger partial charge is 0.350 e. The Hall–Kier alpha value is -3.57. The molecule has 0 radical (unpaired) electrons. The first-order valence-electron chi connectivity index (χ1n) is 14.4. The van der Waals surface area contributed by atoms with Crippen LogP contribution in [0.4, 0.5) is 18.0 Å². The van der Waals surface area contributed by atoms with E-state index in [9.17, 15) is 27.6 Å². The molecule has 4 amide bonds. The fraction of sp³-hybridized carbons (Fsp3) is 0.586. The monoisotopic (exact) mass is 572 g/mol. The number of alkyl halides is 3. The van der Waals surface area contributed by atoms with Crippen molar-refractivity contribution >= 4 is 17.8 Å². The number of likely N-dealkylation sites (tertiary alicyclic amines) is 3. The van der Waals surface area contributed by atoms with Gasteiger partial charge in [-0.2, -0.15) is 18.3 Å². The van der Waals surface area contributed by atoms with Gasteiger partial charge in [-0.3, -0.25) is 14.3 Å². The average molecular weight is 573 g/mol. The van der Waals surface area contributed by atoms with Crippen molar-refractivity contribution in [3.8, 4) is 0 Å². The molecule has 41 heavy (non-hydrogen) atoms. The molecule has 2 aromatic rings. The molecular formula is C29H35F3N6O3. The van der Waals surface area contributed by atoms with Crippen molar-refractivity contribution in [1.82, 2.24) is 29.8 Å². The van der Waals surface area contributed by atoms with Crippen LogP contribution in [0.25, 0.3) is 0 Å². The van der Waals surface area contributed by atoms with Crippen LogP contribution in [-0.2, 0) is 11.0 Å². The zero-order valence-electron chi connectivity index (χ0n) is 23.1. The summed E-state index contributed by atoms with van der Waals surface area (Å²) in [5.41, 5.74) is 1.11. The molecule has 1 aromatic carbocycles. The van der Waals surface area contributed by atoms with E-state index in [-0.39, 0.29) is 53.9 Å². The summed E-state index contributed by atoms with van der Waals surface area (Å²) in [4.78, 5) is 43.0. The Morgan fingerprint density at radius 3 is 2.22 bits per heavy atom. The number of nitrogens with zero attached hydrogens (tertiary/aromatic N) is 5. The van der Waals surface area contributed by atoms with Crippen LogP contribution in [0.3, 0.4) is 0 Å². The first-order chi connectivity index (χ1) is 19.6. The van der Waals surface area contributed by atoms with E-state index in [1.807, 2.05) is 9.58 Å². The Bertz CT molecular complexity index is 1330. The summed E-state index contributed by atoms with van der Waals surface area (Å²) >= 11 is 0. The molecule has 0 spiro atoms. The molecule has 1 aliphatic carbocycles. The molecule has 3 saturated heterocycles. The van der Waals surface area contributed by atoms with Crippen LogP contribution < -0.4 is 5.32 Å². The largest absolute Gasteiger partial charge is 0.416 e. The number of hydrogen-bond donors (Lipinski definition) is 1. The normalized spacial score (nSPS) is 22.1. The molecule has 9 nitrogen and oxygen atoms in total. The SMILES string of the molecule is CC(=O)NC1CN(C(=O)N2CCC(n3ncc(C(=O)N4CC[C@@H](c5ccccc5C(F)(F)F)C4)c3C3CC3)CC2)C1. The lowest BCUT2D eigenvalue weighted by molar-refractivity contribution is -0.138. The van der Waals surface area contributed by atoms with Crippen LogP contribution in [-0.4, -0.2) is 87.6 Å². The molecule has 6 rings (SSSR count). The van der Waals surface area contributed by atoms with Gasteiger partial charge < -0.3 is 20.0 Å². The van der Waals surface area contributed by atoms with Crippen molar-refractivity contribution in [2.45, 2.75) is 69.1 Å². The van der Waals surface area contributed by atoms with Crippen LogP contribution in [0.2, 0.25) is 0 Å². The number of urea groups is 1. The molecule has 3 aliphatic heterocycles. The Kier molecular flexibility index (Phi) is 7.19. The zero-order valence-corrected chi connectivity index (χ0v) is 23.1. The lowest BCUT2D eigenvalue weighted by Gasteiger charge is -2.43.